The van der Waals surface area contributed by atoms with Crippen LogP contribution in [-0.2, 0) is 23.8 Å². The number of fused-ring (bicyclic) bond motifs is 1. The van der Waals surface area contributed by atoms with Gasteiger partial charge in [-0.25, -0.2) is 4.79 Å². The van der Waals surface area contributed by atoms with E-state index in [1.807, 2.05) is 6.07 Å². The first kappa shape index (κ1) is 12.3. The van der Waals surface area contributed by atoms with Crippen LogP contribution in [0.3, 0.4) is 0 Å². The number of carbonyl (C=O) groups excluding carboxylic acids is 2. The third-order valence-electron chi connectivity index (χ3n) is 3.19. The van der Waals surface area contributed by atoms with Crippen LogP contribution in [0.25, 0.3) is 0 Å². The summed E-state index contributed by atoms with van der Waals surface area (Å²) in [5, 5.41) is 9.29. The van der Waals surface area contributed by atoms with E-state index in [0.717, 1.165) is 0 Å². The maximum atomic E-state index is 11.6. The van der Waals surface area contributed by atoms with Gasteiger partial charge in [0.1, 0.15) is 6.10 Å². The van der Waals surface area contributed by atoms with E-state index in [-0.39, 0.29) is 6.61 Å². The van der Waals surface area contributed by atoms with Crippen LogP contribution >= 0.6 is 0 Å². The fourth-order valence-electron chi connectivity index (χ4n) is 2.23. The zero-order valence-electron chi connectivity index (χ0n) is 9.89. The Morgan fingerprint density at radius 3 is 2.53 bits per heavy atom. The van der Waals surface area contributed by atoms with Crippen molar-refractivity contribution in [2.45, 2.75) is 24.6 Å². The number of Topliss-reactive ketones (excluding diaryl/α,β-unsaturated/α-hetero) is 1. The molecule has 6 heteroatoms. The number of benzene rings is 1. The highest BCUT2D eigenvalue weighted by Gasteiger charge is 2.53. The van der Waals surface area contributed by atoms with Crippen LogP contribution in [-0.4, -0.2) is 41.8 Å². The molecule has 1 aromatic rings. The van der Waals surface area contributed by atoms with Crippen LogP contribution in [0.15, 0.2) is 30.3 Å². The van der Waals surface area contributed by atoms with E-state index < -0.39 is 36.4 Å². The molecular formula is C13H12O6. The van der Waals surface area contributed by atoms with Crippen LogP contribution < -0.4 is 0 Å². The average molecular weight is 264 g/mol. The average Bonchev–Trinajstić information content (AvgIpc) is 2.75. The molecule has 2 heterocycles. The first-order chi connectivity index (χ1) is 9.20. The maximum absolute atomic E-state index is 11.6. The second kappa shape index (κ2) is 4.73. The third-order valence-corrected chi connectivity index (χ3v) is 3.19. The number of ketones is 1. The number of hydrogen-bond donors (Lipinski definition) is 1. The summed E-state index contributed by atoms with van der Waals surface area (Å²) >= 11 is 0. The second-order valence-electron chi connectivity index (χ2n) is 4.39. The summed E-state index contributed by atoms with van der Waals surface area (Å²) in [6.45, 7) is -0.353. The number of carbonyl (C=O) groups is 2. The standard InChI is InChI=1S/C13H12O6/c14-6-8-10-11(9(15)12(16)18-10)19-13(17-8)7-4-2-1-3-5-7/h1-5,8,10-11,13-14H,6H2/t8-,10+,11+,13?/m0/s1. The number of aliphatic hydroxyl groups excluding tert-OH is 1. The number of ether oxygens (including phenoxy) is 3. The quantitative estimate of drug-likeness (QED) is 0.596. The van der Waals surface area contributed by atoms with E-state index in [1.54, 1.807) is 24.3 Å². The molecule has 2 fully saturated rings. The van der Waals surface area contributed by atoms with Gasteiger partial charge in [0.25, 0.3) is 5.78 Å². The number of esters is 1. The van der Waals surface area contributed by atoms with Gasteiger partial charge in [-0.05, 0) is 0 Å². The Labute approximate surface area is 108 Å². The molecule has 0 spiro atoms. The Bertz CT molecular complexity index is 499. The minimum absolute atomic E-state index is 0.353. The van der Waals surface area contributed by atoms with Crippen LogP contribution in [0.5, 0.6) is 0 Å². The number of aliphatic hydroxyl groups is 1. The summed E-state index contributed by atoms with van der Waals surface area (Å²) in [6.07, 6.45) is -3.44. The summed E-state index contributed by atoms with van der Waals surface area (Å²) in [7, 11) is 0. The van der Waals surface area contributed by atoms with E-state index in [1.165, 1.54) is 0 Å². The highest BCUT2D eigenvalue weighted by molar-refractivity contribution is 6.37. The largest absolute Gasteiger partial charge is 0.450 e. The minimum atomic E-state index is -1.01. The number of rotatable bonds is 2. The molecule has 2 saturated heterocycles. The van der Waals surface area contributed by atoms with E-state index in [4.69, 9.17) is 14.2 Å². The van der Waals surface area contributed by atoms with Gasteiger partial charge in [-0.3, -0.25) is 4.79 Å². The highest BCUT2D eigenvalue weighted by atomic mass is 16.7. The zero-order chi connectivity index (χ0) is 13.4. The maximum Gasteiger partial charge on any atom is 0.378 e. The van der Waals surface area contributed by atoms with Gasteiger partial charge in [0.2, 0.25) is 0 Å². The molecule has 2 aliphatic rings. The predicted molar refractivity (Wildman–Crippen MR) is 60.9 cm³/mol. The van der Waals surface area contributed by atoms with Crippen molar-refractivity contribution >= 4 is 11.8 Å². The monoisotopic (exact) mass is 264 g/mol. The van der Waals surface area contributed by atoms with E-state index in [9.17, 15) is 14.7 Å². The fourth-order valence-corrected chi connectivity index (χ4v) is 2.23. The molecule has 3 rings (SSSR count). The fraction of sp³-hybridized carbons (Fsp3) is 0.385. The molecular weight excluding hydrogens is 252 g/mol. The second-order valence-corrected chi connectivity index (χ2v) is 4.39. The lowest BCUT2D eigenvalue weighted by atomic mass is 10.0. The Balaban J connectivity index is 1.87. The molecule has 19 heavy (non-hydrogen) atoms. The molecule has 6 nitrogen and oxygen atoms in total. The minimum Gasteiger partial charge on any atom is -0.450 e. The van der Waals surface area contributed by atoms with Crippen molar-refractivity contribution in [1.29, 1.82) is 0 Å². The molecule has 0 amide bonds. The van der Waals surface area contributed by atoms with Crippen LogP contribution in [0.2, 0.25) is 0 Å². The summed E-state index contributed by atoms with van der Waals surface area (Å²) in [5.41, 5.74) is 0.714. The Hall–Kier alpha value is -1.76. The molecule has 4 atom stereocenters. The van der Waals surface area contributed by atoms with Gasteiger partial charge < -0.3 is 19.3 Å². The van der Waals surface area contributed by atoms with Crippen LogP contribution in [0, 0.1) is 0 Å². The molecule has 0 aliphatic carbocycles. The van der Waals surface area contributed by atoms with E-state index in [0.29, 0.717) is 5.56 Å². The van der Waals surface area contributed by atoms with Crippen LogP contribution in [0.1, 0.15) is 11.9 Å². The SMILES string of the molecule is O=C1O[C@@H]2[C@H](CO)OC(c3ccccc3)O[C@@H]2C1=O. The van der Waals surface area contributed by atoms with Crippen LogP contribution in [0.4, 0.5) is 0 Å². The molecule has 0 bridgehead atoms. The Morgan fingerprint density at radius 2 is 1.84 bits per heavy atom. The van der Waals surface area contributed by atoms with Crippen molar-refractivity contribution in [2.75, 3.05) is 6.61 Å². The smallest absolute Gasteiger partial charge is 0.378 e. The van der Waals surface area contributed by atoms with Crippen molar-refractivity contribution in [3.63, 3.8) is 0 Å². The first-order valence-corrected chi connectivity index (χ1v) is 5.92. The summed E-state index contributed by atoms with van der Waals surface area (Å²) < 4.78 is 15.9. The molecule has 0 radical (unpaired) electrons. The lowest BCUT2D eigenvalue weighted by Gasteiger charge is -2.35. The first-order valence-electron chi connectivity index (χ1n) is 5.92. The van der Waals surface area contributed by atoms with E-state index in [2.05, 4.69) is 0 Å². The van der Waals surface area contributed by atoms with E-state index >= 15 is 0 Å². The normalized spacial score (nSPS) is 33.9. The van der Waals surface area contributed by atoms with Gasteiger partial charge in [0, 0.05) is 5.56 Å². The molecule has 100 valence electrons. The molecule has 0 saturated carbocycles. The molecule has 0 aromatic heterocycles. The molecule has 1 aromatic carbocycles. The van der Waals surface area contributed by atoms with Gasteiger partial charge in [0.15, 0.2) is 18.5 Å². The summed E-state index contributed by atoms with van der Waals surface area (Å²) in [4.78, 5) is 22.9. The third kappa shape index (κ3) is 2.03. The Morgan fingerprint density at radius 1 is 1.11 bits per heavy atom. The van der Waals surface area contributed by atoms with Crippen molar-refractivity contribution in [3.05, 3.63) is 35.9 Å². The van der Waals surface area contributed by atoms with Gasteiger partial charge in [0.05, 0.1) is 6.61 Å². The van der Waals surface area contributed by atoms with Crippen molar-refractivity contribution < 1.29 is 28.9 Å². The topological polar surface area (TPSA) is 82.1 Å². The van der Waals surface area contributed by atoms with Gasteiger partial charge in [-0.15, -0.1) is 0 Å². The van der Waals surface area contributed by atoms with Gasteiger partial charge >= 0.3 is 5.97 Å². The molecule has 1 unspecified atom stereocenters. The summed E-state index contributed by atoms with van der Waals surface area (Å²) in [5.74, 6) is -1.67. The lowest BCUT2D eigenvalue weighted by Crippen LogP contribution is -2.48. The van der Waals surface area contributed by atoms with Gasteiger partial charge in [-0.2, -0.15) is 0 Å². The highest BCUT2D eigenvalue weighted by Crippen LogP contribution is 2.34. The predicted octanol–water partition coefficient (Wildman–Crippen LogP) is -0.0440. The molecule has 2 aliphatic heterocycles. The molecule has 1 N–H and O–H groups in total. The van der Waals surface area contributed by atoms with Crippen molar-refractivity contribution in [1.82, 2.24) is 0 Å². The van der Waals surface area contributed by atoms with Crippen molar-refractivity contribution in [3.8, 4) is 0 Å². The summed E-state index contributed by atoms with van der Waals surface area (Å²) in [6, 6.07) is 9.01. The Kier molecular flexibility index (Phi) is 3.06. The zero-order valence-corrected chi connectivity index (χ0v) is 9.89. The lowest BCUT2D eigenvalue weighted by molar-refractivity contribution is -0.277. The van der Waals surface area contributed by atoms with Gasteiger partial charge in [-0.1, -0.05) is 30.3 Å². The van der Waals surface area contributed by atoms with Crippen molar-refractivity contribution in [2.24, 2.45) is 0 Å². The number of hydrogen-bond acceptors (Lipinski definition) is 6.